The molecular formula is C17H21BrN2O3. The Morgan fingerprint density at radius 3 is 2.65 bits per heavy atom. The van der Waals surface area contributed by atoms with Crippen molar-refractivity contribution >= 4 is 22.0 Å². The van der Waals surface area contributed by atoms with Gasteiger partial charge in [0.1, 0.15) is 17.3 Å². The molecule has 0 spiro atoms. The van der Waals surface area contributed by atoms with Crippen LogP contribution in [0.15, 0.2) is 33.2 Å². The summed E-state index contributed by atoms with van der Waals surface area (Å²) in [5.41, 5.74) is 1.97. The number of methoxy groups -OCH3 is 1. The number of halogens is 1. The second-order valence-corrected chi connectivity index (χ2v) is 6.24. The van der Waals surface area contributed by atoms with Gasteiger partial charge in [-0.3, -0.25) is 0 Å². The van der Waals surface area contributed by atoms with Crippen molar-refractivity contribution in [2.75, 3.05) is 7.11 Å². The van der Waals surface area contributed by atoms with Gasteiger partial charge in [0.2, 0.25) is 0 Å². The summed E-state index contributed by atoms with van der Waals surface area (Å²) in [6.07, 6.45) is 0. The second-order valence-electron chi connectivity index (χ2n) is 5.38. The first-order valence-electron chi connectivity index (χ1n) is 7.34. The minimum atomic E-state index is -0.220. The summed E-state index contributed by atoms with van der Waals surface area (Å²) in [4.78, 5) is 12.0. The van der Waals surface area contributed by atoms with Crippen molar-refractivity contribution in [2.45, 2.75) is 33.4 Å². The van der Waals surface area contributed by atoms with Crippen LogP contribution in [0, 0.1) is 13.8 Å². The highest BCUT2D eigenvalue weighted by Gasteiger charge is 2.12. The van der Waals surface area contributed by atoms with E-state index in [9.17, 15) is 4.79 Å². The van der Waals surface area contributed by atoms with Gasteiger partial charge < -0.3 is 19.8 Å². The maximum atomic E-state index is 12.0. The molecule has 0 saturated heterocycles. The van der Waals surface area contributed by atoms with Gasteiger partial charge in [0, 0.05) is 12.1 Å². The zero-order valence-electron chi connectivity index (χ0n) is 13.7. The molecule has 1 unspecified atom stereocenters. The van der Waals surface area contributed by atoms with Gasteiger partial charge in [-0.2, -0.15) is 0 Å². The molecule has 0 radical (unpaired) electrons. The first-order chi connectivity index (χ1) is 10.9. The summed E-state index contributed by atoms with van der Waals surface area (Å²) >= 11 is 3.45. The van der Waals surface area contributed by atoms with Crippen molar-refractivity contribution in [3.63, 3.8) is 0 Å². The van der Waals surface area contributed by atoms with E-state index in [0.29, 0.717) is 6.54 Å². The summed E-state index contributed by atoms with van der Waals surface area (Å²) in [5.74, 6) is 2.43. The van der Waals surface area contributed by atoms with Gasteiger partial charge in [-0.25, -0.2) is 4.79 Å². The highest BCUT2D eigenvalue weighted by Crippen LogP contribution is 2.27. The molecule has 124 valence electrons. The predicted octanol–water partition coefficient (Wildman–Crippen LogP) is 4.23. The third-order valence-electron chi connectivity index (χ3n) is 3.61. The molecule has 0 aliphatic rings. The molecule has 1 aromatic heterocycles. The summed E-state index contributed by atoms with van der Waals surface area (Å²) in [6.45, 7) is 6.15. The zero-order valence-corrected chi connectivity index (χ0v) is 15.3. The van der Waals surface area contributed by atoms with Crippen LogP contribution in [0.2, 0.25) is 0 Å². The van der Waals surface area contributed by atoms with Gasteiger partial charge >= 0.3 is 6.03 Å². The van der Waals surface area contributed by atoms with E-state index < -0.39 is 0 Å². The van der Waals surface area contributed by atoms with E-state index in [-0.39, 0.29) is 12.1 Å². The summed E-state index contributed by atoms with van der Waals surface area (Å²) < 4.78 is 11.5. The molecule has 1 atom stereocenters. The van der Waals surface area contributed by atoms with Crippen LogP contribution in [0.25, 0.3) is 0 Å². The number of hydrogen-bond donors (Lipinski definition) is 2. The van der Waals surface area contributed by atoms with Crippen LogP contribution >= 0.6 is 15.9 Å². The summed E-state index contributed by atoms with van der Waals surface area (Å²) in [6, 6.07) is 7.32. The Bertz CT molecular complexity index is 697. The summed E-state index contributed by atoms with van der Waals surface area (Å²) in [5, 5.41) is 5.76. The van der Waals surface area contributed by atoms with Crippen molar-refractivity contribution in [3.05, 3.63) is 51.4 Å². The third-order valence-corrected chi connectivity index (χ3v) is 4.23. The Morgan fingerprint density at radius 1 is 1.35 bits per heavy atom. The molecule has 2 rings (SSSR count). The number of carbonyl (C=O) groups is 1. The van der Waals surface area contributed by atoms with Gasteiger partial charge in [-0.15, -0.1) is 0 Å². The number of benzene rings is 1. The lowest BCUT2D eigenvalue weighted by Crippen LogP contribution is -2.36. The SMILES string of the molecule is COc1ccc(C(C)NC(=O)NCc2cc(C)oc2C)cc1Br. The smallest absolute Gasteiger partial charge is 0.315 e. The van der Waals surface area contributed by atoms with Gasteiger partial charge in [-0.05, 0) is 60.5 Å². The van der Waals surface area contributed by atoms with E-state index in [1.54, 1.807) is 7.11 Å². The fourth-order valence-electron chi connectivity index (χ4n) is 2.32. The Labute approximate surface area is 144 Å². The Balaban J connectivity index is 1.91. The lowest BCUT2D eigenvalue weighted by atomic mass is 10.1. The van der Waals surface area contributed by atoms with Crippen molar-refractivity contribution in [1.29, 1.82) is 0 Å². The van der Waals surface area contributed by atoms with Gasteiger partial charge in [-0.1, -0.05) is 6.07 Å². The van der Waals surface area contributed by atoms with Crippen LogP contribution in [0.5, 0.6) is 5.75 Å². The van der Waals surface area contributed by atoms with E-state index in [1.165, 1.54) is 0 Å². The van der Waals surface area contributed by atoms with Crippen molar-refractivity contribution < 1.29 is 13.9 Å². The number of aryl methyl sites for hydroxylation is 2. The molecular weight excluding hydrogens is 360 g/mol. The molecule has 0 fully saturated rings. The van der Waals surface area contributed by atoms with E-state index in [2.05, 4.69) is 26.6 Å². The maximum Gasteiger partial charge on any atom is 0.315 e. The quantitative estimate of drug-likeness (QED) is 0.815. The molecule has 0 aliphatic carbocycles. The number of hydrogen-bond acceptors (Lipinski definition) is 3. The number of furan rings is 1. The molecule has 2 N–H and O–H groups in total. The highest BCUT2D eigenvalue weighted by atomic mass is 79.9. The fraction of sp³-hybridized carbons (Fsp3) is 0.353. The monoisotopic (exact) mass is 380 g/mol. The van der Waals surface area contributed by atoms with Gasteiger partial charge in [0.15, 0.2) is 0 Å². The Hall–Kier alpha value is -1.95. The fourth-order valence-corrected chi connectivity index (χ4v) is 2.88. The number of ether oxygens (including phenoxy) is 1. The maximum absolute atomic E-state index is 12.0. The minimum absolute atomic E-state index is 0.121. The molecule has 1 aromatic carbocycles. The topological polar surface area (TPSA) is 63.5 Å². The van der Waals surface area contributed by atoms with Crippen LogP contribution in [-0.4, -0.2) is 13.1 Å². The van der Waals surface area contributed by atoms with Crippen LogP contribution in [0.4, 0.5) is 4.79 Å². The first kappa shape index (κ1) is 17.4. The van der Waals surface area contributed by atoms with E-state index in [0.717, 1.165) is 32.9 Å². The number of carbonyl (C=O) groups excluding carboxylic acids is 1. The molecule has 23 heavy (non-hydrogen) atoms. The summed E-state index contributed by atoms with van der Waals surface area (Å²) in [7, 11) is 1.62. The van der Waals surface area contributed by atoms with E-state index >= 15 is 0 Å². The average Bonchev–Trinajstić information content (AvgIpc) is 2.82. The standard InChI is InChI=1S/C17H21BrN2O3/c1-10-7-14(12(3)23-10)9-19-17(21)20-11(2)13-5-6-16(22-4)15(18)8-13/h5-8,11H,9H2,1-4H3,(H2,19,20,21). The predicted molar refractivity (Wildman–Crippen MR) is 92.7 cm³/mol. The molecule has 0 aliphatic heterocycles. The van der Waals surface area contributed by atoms with Gasteiger partial charge in [0.25, 0.3) is 0 Å². The molecule has 5 nitrogen and oxygen atoms in total. The van der Waals surface area contributed by atoms with Gasteiger partial charge in [0.05, 0.1) is 17.6 Å². The largest absolute Gasteiger partial charge is 0.496 e. The molecule has 6 heteroatoms. The Morgan fingerprint density at radius 2 is 2.09 bits per heavy atom. The lowest BCUT2D eigenvalue weighted by molar-refractivity contribution is 0.237. The molecule has 0 bridgehead atoms. The number of amides is 2. The minimum Gasteiger partial charge on any atom is -0.496 e. The molecule has 2 aromatic rings. The number of rotatable bonds is 5. The Kier molecular flexibility index (Phi) is 5.71. The van der Waals surface area contributed by atoms with Crippen molar-refractivity contribution in [2.24, 2.45) is 0 Å². The number of nitrogens with one attached hydrogen (secondary N) is 2. The molecule has 1 heterocycles. The van der Waals surface area contributed by atoms with Crippen LogP contribution < -0.4 is 15.4 Å². The highest BCUT2D eigenvalue weighted by molar-refractivity contribution is 9.10. The second kappa shape index (κ2) is 7.55. The third kappa shape index (κ3) is 4.51. The van der Waals surface area contributed by atoms with E-state index in [1.807, 2.05) is 45.0 Å². The number of urea groups is 1. The average molecular weight is 381 g/mol. The van der Waals surface area contributed by atoms with Crippen molar-refractivity contribution in [1.82, 2.24) is 10.6 Å². The first-order valence-corrected chi connectivity index (χ1v) is 8.13. The lowest BCUT2D eigenvalue weighted by Gasteiger charge is -2.16. The van der Waals surface area contributed by atoms with E-state index in [4.69, 9.17) is 9.15 Å². The molecule has 0 saturated carbocycles. The molecule has 2 amide bonds. The van der Waals surface area contributed by atoms with Crippen molar-refractivity contribution in [3.8, 4) is 5.75 Å². The zero-order chi connectivity index (χ0) is 17.0. The normalized spacial score (nSPS) is 11.9. The van der Waals surface area contributed by atoms with Crippen LogP contribution in [-0.2, 0) is 6.54 Å². The van der Waals surface area contributed by atoms with Crippen LogP contribution in [0.1, 0.15) is 35.6 Å². The van der Waals surface area contributed by atoms with Crippen LogP contribution in [0.3, 0.4) is 0 Å².